The molecule has 190 valence electrons. The Morgan fingerprint density at radius 1 is 1.14 bits per heavy atom. The van der Waals surface area contributed by atoms with Crippen molar-refractivity contribution >= 4 is 61.2 Å². The fourth-order valence-electron chi connectivity index (χ4n) is 3.76. The van der Waals surface area contributed by atoms with E-state index in [1.54, 1.807) is 19.1 Å². The third kappa shape index (κ3) is 5.91. The summed E-state index contributed by atoms with van der Waals surface area (Å²) >= 11 is 6.98. The van der Waals surface area contributed by atoms with Crippen LogP contribution in [0.25, 0.3) is 0 Å². The average Bonchev–Trinajstić information content (AvgIpc) is 3.22. The number of hydrogen-bond acceptors (Lipinski definition) is 9. The van der Waals surface area contributed by atoms with E-state index in [4.69, 9.17) is 21.7 Å². The molecule has 36 heavy (non-hydrogen) atoms. The van der Waals surface area contributed by atoms with Crippen molar-refractivity contribution in [1.29, 1.82) is 0 Å². The highest BCUT2D eigenvalue weighted by molar-refractivity contribution is 7.92. The van der Waals surface area contributed by atoms with Crippen molar-refractivity contribution in [2.75, 3.05) is 29.1 Å². The van der Waals surface area contributed by atoms with Gasteiger partial charge in [-0.3, -0.25) is 4.72 Å². The summed E-state index contributed by atoms with van der Waals surface area (Å²) in [6.07, 6.45) is 5.10. The quantitative estimate of drug-likeness (QED) is 0.278. The molecule has 1 aliphatic rings. The monoisotopic (exact) mass is 547 g/mol. The molecule has 0 saturated heterocycles. The van der Waals surface area contributed by atoms with Gasteiger partial charge in [0.05, 0.1) is 24.2 Å². The first-order valence-electron chi connectivity index (χ1n) is 11.2. The number of carbonyl (C=O) groups excluding carboxylic acids is 1. The lowest BCUT2D eigenvalue weighted by Gasteiger charge is -2.13. The molecule has 0 atom stereocenters. The number of thiocarbonyl (C=S) groups is 1. The summed E-state index contributed by atoms with van der Waals surface area (Å²) in [5, 5.41) is 7.09. The van der Waals surface area contributed by atoms with Gasteiger partial charge < -0.3 is 20.1 Å². The molecule has 0 saturated carbocycles. The van der Waals surface area contributed by atoms with Crippen molar-refractivity contribution in [3.8, 4) is 5.88 Å². The first-order valence-corrected chi connectivity index (χ1v) is 13.9. The number of esters is 1. The molecule has 2 heterocycles. The Morgan fingerprint density at radius 3 is 2.61 bits per heavy atom. The van der Waals surface area contributed by atoms with Crippen LogP contribution >= 0.6 is 23.6 Å². The molecule has 1 aromatic carbocycles. The molecule has 13 heteroatoms. The molecule has 10 nitrogen and oxygen atoms in total. The SMILES string of the molecule is CCOC(=O)c1c(NC(=S)Nc2ccc(S(=O)(=O)Nc3cc(OC)ncn3)cc2)sc2c1CCCC2. The normalized spacial score (nSPS) is 12.8. The van der Waals surface area contributed by atoms with Crippen molar-refractivity contribution < 1.29 is 22.7 Å². The van der Waals surface area contributed by atoms with E-state index in [2.05, 4.69) is 25.3 Å². The molecule has 3 aromatic rings. The summed E-state index contributed by atoms with van der Waals surface area (Å²) in [4.78, 5) is 21.6. The van der Waals surface area contributed by atoms with Gasteiger partial charge >= 0.3 is 5.97 Å². The largest absolute Gasteiger partial charge is 0.481 e. The average molecular weight is 548 g/mol. The van der Waals surface area contributed by atoms with Crippen molar-refractivity contribution in [3.05, 3.63) is 52.7 Å². The van der Waals surface area contributed by atoms with Gasteiger partial charge in [-0.2, -0.15) is 0 Å². The maximum absolute atomic E-state index is 12.7. The second-order valence-electron chi connectivity index (χ2n) is 7.79. The van der Waals surface area contributed by atoms with Gasteiger partial charge in [0.25, 0.3) is 10.0 Å². The van der Waals surface area contributed by atoms with Gasteiger partial charge in [-0.15, -0.1) is 11.3 Å². The van der Waals surface area contributed by atoms with Crippen molar-refractivity contribution in [2.45, 2.75) is 37.5 Å². The van der Waals surface area contributed by atoms with Gasteiger partial charge in [-0.1, -0.05) is 0 Å². The molecule has 0 fully saturated rings. The van der Waals surface area contributed by atoms with Crippen LogP contribution in [0.3, 0.4) is 0 Å². The number of nitrogens with zero attached hydrogens (tertiary/aromatic N) is 2. The number of nitrogens with one attached hydrogen (secondary N) is 3. The van der Waals surface area contributed by atoms with Crippen LogP contribution in [0.2, 0.25) is 0 Å². The molecule has 3 N–H and O–H groups in total. The second kappa shape index (κ2) is 11.2. The van der Waals surface area contributed by atoms with E-state index in [9.17, 15) is 13.2 Å². The standard InChI is InChI=1S/C23H25N5O5S3/c1-3-33-22(29)20-16-6-4-5-7-17(16)35-21(20)27-23(34)26-14-8-10-15(11-9-14)36(30,31)28-18-12-19(32-2)25-13-24-18/h8-13H,3-7H2,1-2H3,(H,24,25,28)(H2,26,27,34). The zero-order valence-corrected chi connectivity index (χ0v) is 22.1. The molecule has 1 aliphatic carbocycles. The summed E-state index contributed by atoms with van der Waals surface area (Å²) in [5.74, 6) is -0.0305. The molecule has 0 unspecified atom stereocenters. The maximum atomic E-state index is 12.7. The number of methoxy groups -OCH3 is 1. The fourth-order valence-corrected chi connectivity index (χ4v) is 6.33. The Labute approximate surface area is 218 Å². The minimum absolute atomic E-state index is 0.0417. The smallest absolute Gasteiger partial charge is 0.341 e. The van der Waals surface area contributed by atoms with Gasteiger partial charge in [0, 0.05) is 16.6 Å². The van der Waals surface area contributed by atoms with Crippen molar-refractivity contribution in [3.63, 3.8) is 0 Å². The number of anilines is 3. The number of hydrogen-bond donors (Lipinski definition) is 3. The summed E-state index contributed by atoms with van der Waals surface area (Å²) in [6.45, 7) is 2.07. The van der Waals surface area contributed by atoms with Crippen LogP contribution in [-0.4, -0.2) is 43.2 Å². The van der Waals surface area contributed by atoms with Crippen LogP contribution in [0.4, 0.5) is 16.5 Å². The highest BCUT2D eigenvalue weighted by Crippen LogP contribution is 2.38. The van der Waals surface area contributed by atoms with E-state index in [1.165, 1.54) is 47.9 Å². The number of aromatic nitrogens is 2. The predicted octanol–water partition coefficient (Wildman–Crippen LogP) is 4.21. The first-order chi connectivity index (χ1) is 17.3. The fraction of sp³-hybridized carbons (Fsp3) is 0.304. The highest BCUT2D eigenvalue weighted by atomic mass is 32.2. The minimum Gasteiger partial charge on any atom is -0.481 e. The molecule has 0 aliphatic heterocycles. The summed E-state index contributed by atoms with van der Waals surface area (Å²) in [5.41, 5.74) is 2.17. The van der Waals surface area contributed by atoms with E-state index in [0.29, 0.717) is 22.9 Å². The molecular weight excluding hydrogens is 522 g/mol. The van der Waals surface area contributed by atoms with Crippen LogP contribution in [0, 0.1) is 0 Å². The van der Waals surface area contributed by atoms with E-state index < -0.39 is 10.0 Å². The van der Waals surface area contributed by atoms with Gasteiger partial charge in [0.15, 0.2) is 5.11 Å². The van der Waals surface area contributed by atoms with Gasteiger partial charge in [-0.25, -0.2) is 23.2 Å². The van der Waals surface area contributed by atoms with Gasteiger partial charge in [-0.05, 0) is 74.7 Å². The summed E-state index contributed by atoms with van der Waals surface area (Å²) in [7, 11) is -2.45. The number of benzene rings is 1. The minimum atomic E-state index is -3.88. The number of thiophene rings is 1. The van der Waals surface area contributed by atoms with Crippen LogP contribution in [0.1, 0.15) is 40.6 Å². The lowest BCUT2D eigenvalue weighted by molar-refractivity contribution is 0.0526. The van der Waals surface area contributed by atoms with Crippen LogP contribution in [0.5, 0.6) is 5.88 Å². The molecule has 4 rings (SSSR count). The van der Waals surface area contributed by atoms with Crippen LogP contribution < -0.4 is 20.1 Å². The Hall–Kier alpha value is -3.29. The van der Waals surface area contributed by atoms with Gasteiger partial charge in [0.2, 0.25) is 5.88 Å². The first kappa shape index (κ1) is 25.8. The van der Waals surface area contributed by atoms with E-state index in [-0.39, 0.29) is 27.7 Å². The molecule has 0 amide bonds. The third-order valence-corrected chi connectivity index (χ3v) is 8.17. The third-order valence-electron chi connectivity index (χ3n) is 5.39. The Balaban J connectivity index is 1.45. The summed E-state index contributed by atoms with van der Waals surface area (Å²) in [6, 6.07) is 7.45. The molecule has 0 radical (unpaired) electrons. The maximum Gasteiger partial charge on any atom is 0.341 e. The predicted molar refractivity (Wildman–Crippen MR) is 143 cm³/mol. The van der Waals surface area contributed by atoms with Crippen molar-refractivity contribution in [2.24, 2.45) is 0 Å². The lowest BCUT2D eigenvalue weighted by Crippen LogP contribution is -2.20. The van der Waals surface area contributed by atoms with E-state index in [0.717, 1.165) is 31.2 Å². The lowest BCUT2D eigenvalue weighted by atomic mass is 9.95. The van der Waals surface area contributed by atoms with Crippen molar-refractivity contribution in [1.82, 2.24) is 9.97 Å². The second-order valence-corrected chi connectivity index (χ2v) is 11.0. The van der Waals surface area contributed by atoms with E-state index in [1.807, 2.05) is 0 Å². The van der Waals surface area contributed by atoms with Crippen LogP contribution in [-0.2, 0) is 27.6 Å². The number of aryl methyl sites for hydroxylation is 1. The number of carbonyl (C=O) groups is 1. The number of ether oxygens (including phenoxy) is 2. The number of sulfonamides is 1. The molecule has 0 bridgehead atoms. The van der Waals surface area contributed by atoms with Gasteiger partial charge in [0.1, 0.15) is 17.1 Å². The zero-order chi connectivity index (χ0) is 25.7. The Bertz CT molecular complexity index is 1370. The Kier molecular flexibility index (Phi) is 8.01. The number of fused-ring (bicyclic) bond motifs is 1. The molecule has 0 spiro atoms. The van der Waals surface area contributed by atoms with E-state index >= 15 is 0 Å². The highest BCUT2D eigenvalue weighted by Gasteiger charge is 2.27. The number of rotatable bonds is 8. The Morgan fingerprint density at radius 2 is 1.89 bits per heavy atom. The molecule has 2 aromatic heterocycles. The topological polar surface area (TPSA) is 132 Å². The molecular formula is C23H25N5O5S3. The summed E-state index contributed by atoms with van der Waals surface area (Å²) < 4.78 is 38.1. The van der Waals surface area contributed by atoms with Crippen LogP contribution in [0.15, 0.2) is 41.6 Å². The zero-order valence-electron chi connectivity index (χ0n) is 19.7.